The fourth-order valence-electron chi connectivity index (χ4n) is 2.84. The van der Waals surface area contributed by atoms with Gasteiger partial charge in [-0.25, -0.2) is 5.43 Å². The molecule has 1 unspecified atom stereocenters. The lowest BCUT2D eigenvalue weighted by Crippen LogP contribution is -2.48. The SMILES string of the molecule is COc1ccc(Cl)cc1C=NNC(=O)C(NC(=O)c1ccc2c(c1)OCO2)C(C)C. The molecule has 0 aliphatic carbocycles. The Hall–Kier alpha value is -3.26. The summed E-state index contributed by atoms with van der Waals surface area (Å²) in [7, 11) is 1.53. The number of methoxy groups -OCH3 is 1. The number of fused-ring (bicyclic) bond motifs is 1. The Balaban J connectivity index is 1.66. The van der Waals surface area contributed by atoms with E-state index >= 15 is 0 Å². The molecule has 3 rings (SSSR count). The van der Waals surface area contributed by atoms with Gasteiger partial charge in [-0.05, 0) is 42.3 Å². The number of hydrazone groups is 1. The second kappa shape index (κ2) is 9.49. The topological polar surface area (TPSA) is 98.2 Å². The van der Waals surface area contributed by atoms with E-state index in [1.807, 2.05) is 13.8 Å². The number of carbonyl (C=O) groups excluding carboxylic acids is 2. The summed E-state index contributed by atoms with van der Waals surface area (Å²) in [5.74, 6) is 0.621. The first-order chi connectivity index (χ1) is 14.4. The van der Waals surface area contributed by atoms with Crippen molar-refractivity contribution in [3.05, 3.63) is 52.5 Å². The zero-order valence-electron chi connectivity index (χ0n) is 16.8. The summed E-state index contributed by atoms with van der Waals surface area (Å²) < 4.78 is 15.8. The number of benzene rings is 2. The molecule has 30 heavy (non-hydrogen) atoms. The van der Waals surface area contributed by atoms with Crippen molar-refractivity contribution in [3.8, 4) is 17.2 Å². The zero-order valence-corrected chi connectivity index (χ0v) is 17.5. The number of nitrogens with zero attached hydrogens (tertiary/aromatic N) is 1. The van der Waals surface area contributed by atoms with Crippen LogP contribution in [-0.2, 0) is 4.79 Å². The van der Waals surface area contributed by atoms with E-state index in [2.05, 4.69) is 15.8 Å². The summed E-state index contributed by atoms with van der Waals surface area (Å²) in [6.07, 6.45) is 1.43. The number of ether oxygens (including phenoxy) is 3. The third kappa shape index (κ3) is 5.01. The van der Waals surface area contributed by atoms with E-state index in [0.717, 1.165) is 0 Å². The summed E-state index contributed by atoms with van der Waals surface area (Å²) in [5, 5.41) is 7.22. The van der Waals surface area contributed by atoms with E-state index in [1.54, 1.807) is 36.4 Å². The fourth-order valence-corrected chi connectivity index (χ4v) is 3.02. The molecule has 9 heteroatoms. The average molecular weight is 432 g/mol. The van der Waals surface area contributed by atoms with Crippen LogP contribution in [0.3, 0.4) is 0 Å². The van der Waals surface area contributed by atoms with Gasteiger partial charge in [0.15, 0.2) is 11.5 Å². The Kier molecular flexibility index (Phi) is 6.79. The van der Waals surface area contributed by atoms with Crippen LogP contribution in [0, 0.1) is 5.92 Å². The Morgan fingerprint density at radius 3 is 2.67 bits per heavy atom. The molecule has 0 saturated carbocycles. The lowest BCUT2D eigenvalue weighted by atomic mass is 10.0. The molecular weight excluding hydrogens is 410 g/mol. The van der Waals surface area contributed by atoms with Crippen LogP contribution in [0.4, 0.5) is 0 Å². The van der Waals surface area contributed by atoms with Crippen LogP contribution in [0.1, 0.15) is 29.8 Å². The number of carbonyl (C=O) groups is 2. The summed E-state index contributed by atoms with van der Waals surface area (Å²) in [4.78, 5) is 25.2. The van der Waals surface area contributed by atoms with Gasteiger partial charge in [0, 0.05) is 16.1 Å². The van der Waals surface area contributed by atoms with E-state index < -0.39 is 17.9 Å². The molecule has 0 bridgehead atoms. The van der Waals surface area contributed by atoms with Crippen molar-refractivity contribution in [3.63, 3.8) is 0 Å². The predicted octanol–water partition coefficient (Wildman–Crippen LogP) is 2.98. The first kappa shape index (κ1) is 21.4. The molecule has 2 aromatic rings. The summed E-state index contributed by atoms with van der Waals surface area (Å²) >= 11 is 5.99. The molecule has 0 radical (unpaired) electrons. The van der Waals surface area contributed by atoms with Gasteiger partial charge >= 0.3 is 0 Å². The Morgan fingerprint density at radius 1 is 1.17 bits per heavy atom. The molecule has 2 aromatic carbocycles. The van der Waals surface area contributed by atoms with Crippen LogP contribution in [-0.4, -0.2) is 38.0 Å². The standard InChI is InChI=1S/C21H22ClN3O5/c1-12(2)19(24-20(26)13-4-6-17-18(9-13)30-11-29-17)21(27)25-23-10-14-8-15(22)5-7-16(14)28-3/h4-10,12,19H,11H2,1-3H3,(H,24,26)(H,25,27). The number of nitrogens with one attached hydrogen (secondary N) is 2. The molecule has 0 spiro atoms. The van der Waals surface area contributed by atoms with Gasteiger partial charge in [-0.2, -0.15) is 5.10 Å². The van der Waals surface area contributed by atoms with Gasteiger partial charge < -0.3 is 19.5 Å². The Bertz CT molecular complexity index is 977. The third-order valence-corrected chi connectivity index (χ3v) is 4.68. The van der Waals surface area contributed by atoms with Crippen molar-refractivity contribution >= 4 is 29.6 Å². The number of halogens is 1. The summed E-state index contributed by atoms with van der Waals surface area (Å²) in [6, 6.07) is 9.12. The molecule has 1 aliphatic heterocycles. The van der Waals surface area contributed by atoms with E-state index in [4.69, 9.17) is 25.8 Å². The van der Waals surface area contributed by atoms with Gasteiger partial charge in [0.05, 0.1) is 13.3 Å². The predicted molar refractivity (Wildman–Crippen MR) is 112 cm³/mol. The molecule has 0 aromatic heterocycles. The van der Waals surface area contributed by atoms with E-state index in [-0.39, 0.29) is 12.7 Å². The number of amides is 2. The van der Waals surface area contributed by atoms with Gasteiger partial charge in [-0.1, -0.05) is 25.4 Å². The minimum absolute atomic E-state index is 0.118. The fraction of sp³-hybridized carbons (Fsp3) is 0.286. The molecule has 8 nitrogen and oxygen atoms in total. The van der Waals surface area contributed by atoms with Gasteiger partial charge in [0.1, 0.15) is 11.8 Å². The lowest BCUT2D eigenvalue weighted by Gasteiger charge is -2.20. The molecule has 1 atom stereocenters. The van der Waals surface area contributed by atoms with Crippen molar-refractivity contribution in [2.75, 3.05) is 13.9 Å². The monoisotopic (exact) mass is 431 g/mol. The van der Waals surface area contributed by atoms with Gasteiger partial charge in [-0.15, -0.1) is 0 Å². The van der Waals surface area contributed by atoms with Crippen molar-refractivity contribution in [1.29, 1.82) is 0 Å². The van der Waals surface area contributed by atoms with Crippen molar-refractivity contribution in [1.82, 2.24) is 10.7 Å². The van der Waals surface area contributed by atoms with Crippen LogP contribution in [0.5, 0.6) is 17.2 Å². The van der Waals surface area contributed by atoms with Gasteiger partial charge in [0.2, 0.25) is 6.79 Å². The van der Waals surface area contributed by atoms with Crippen molar-refractivity contribution in [2.45, 2.75) is 19.9 Å². The van der Waals surface area contributed by atoms with Crippen LogP contribution in [0.25, 0.3) is 0 Å². The molecular formula is C21H22ClN3O5. The minimum Gasteiger partial charge on any atom is -0.496 e. The van der Waals surface area contributed by atoms with Crippen LogP contribution >= 0.6 is 11.6 Å². The highest BCUT2D eigenvalue weighted by molar-refractivity contribution is 6.30. The minimum atomic E-state index is -0.790. The average Bonchev–Trinajstić information content (AvgIpc) is 3.19. The van der Waals surface area contributed by atoms with E-state index in [9.17, 15) is 9.59 Å². The third-order valence-electron chi connectivity index (χ3n) is 4.44. The first-order valence-electron chi connectivity index (χ1n) is 9.26. The second-order valence-electron chi connectivity index (χ2n) is 6.88. The number of rotatable bonds is 7. The molecule has 158 valence electrons. The van der Waals surface area contributed by atoms with Crippen LogP contribution in [0.15, 0.2) is 41.5 Å². The van der Waals surface area contributed by atoms with Crippen molar-refractivity contribution < 1.29 is 23.8 Å². The number of hydrogen-bond donors (Lipinski definition) is 2. The maximum atomic E-state index is 12.6. The number of hydrogen-bond acceptors (Lipinski definition) is 6. The molecule has 0 fully saturated rings. The highest BCUT2D eigenvalue weighted by atomic mass is 35.5. The van der Waals surface area contributed by atoms with E-state index in [1.165, 1.54) is 13.3 Å². The smallest absolute Gasteiger partial charge is 0.262 e. The second-order valence-corrected chi connectivity index (χ2v) is 7.32. The molecule has 2 amide bonds. The zero-order chi connectivity index (χ0) is 21.7. The Labute approximate surface area is 179 Å². The Morgan fingerprint density at radius 2 is 1.93 bits per heavy atom. The quantitative estimate of drug-likeness (QED) is 0.518. The molecule has 0 saturated heterocycles. The maximum absolute atomic E-state index is 12.6. The highest BCUT2D eigenvalue weighted by Gasteiger charge is 2.25. The van der Waals surface area contributed by atoms with E-state index in [0.29, 0.717) is 33.4 Å². The van der Waals surface area contributed by atoms with Gasteiger partial charge in [0.25, 0.3) is 11.8 Å². The summed E-state index contributed by atoms with van der Waals surface area (Å²) in [6.45, 7) is 3.77. The van der Waals surface area contributed by atoms with Crippen LogP contribution in [0.2, 0.25) is 5.02 Å². The lowest BCUT2D eigenvalue weighted by molar-refractivity contribution is -0.123. The molecule has 1 aliphatic rings. The largest absolute Gasteiger partial charge is 0.496 e. The molecule has 1 heterocycles. The maximum Gasteiger partial charge on any atom is 0.262 e. The van der Waals surface area contributed by atoms with Crippen molar-refractivity contribution in [2.24, 2.45) is 11.0 Å². The van der Waals surface area contributed by atoms with Crippen LogP contribution < -0.4 is 25.0 Å². The highest BCUT2D eigenvalue weighted by Crippen LogP contribution is 2.32. The molecule has 2 N–H and O–H groups in total. The normalized spacial score (nSPS) is 13.4. The summed E-state index contributed by atoms with van der Waals surface area (Å²) in [5.41, 5.74) is 3.43. The van der Waals surface area contributed by atoms with Gasteiger partial charge in [-0.3, -0.25) is 9.59 Å². The first-order valence-corrected chi connectivity index (χ1v) is 9.64.